The molecule has 1 aromatic heterocycles. The fraction of sp³-hybridized carbons (Fsp3) is 0.500. The van der Waals surface area contributed by atoms with E-state index >= 15 is 0 Å². The van der Waals surface area contributed by atoms with Crippen LogP contribution in [0.15, 0.2) is 12.4 Å². The van der Waals surface area contributed by atoms with Crippen LogP contribution in [0.5, 0.6) is 0 Å². The summed E-state index contributed by atoms with van der Waals surface area (Å²) in [5, 5.41) is 0. The molecule has 7 heteroatoms. The van der Waals surface area contributed by atoms with E-state index in [4.69, 9.17) is 14.6 Å². The Morgan fingerprint density at radius 3 is 2.73 bits per heavy atom. The van der Waals surface area contributed by atoms with Crippen LogP contribution in [-0.4, -0.2) is 31.5 Å². The van der Waals surface area contributed by atoms with Gasteiger partial charge in [-0.05, 0) is 13.1 Å². The maximum Gasteiger partial charge on any atom is 0.332 e. The quantitative estimate of drug-likeness (QED) is 0.710. The standard InChI is InChI=1S/C8H15N3O3Si/c1-13-15(2,3)14-6(7(9)12)8-10-4-5-11-8/h4-6H,1-3H3,(H2,9,12)(H,10,11). The summed E-state index contributed by atoms with van der Waals surface area (Å²) in [4.78, 5) is 17.9. The fourth-order valence-corrected chi connectivity index (χ4v) is 1.89. The highest BCUT2D eigenvalue weighted by molar-refractivity contribution is 6.64. The van der Waals surface area contributed by atoms with Crippen LogP contribution < -0.4 is 5.73 Å². The minimum atomic E-state index is -2.32. The zero-order valence-corrected chi connectivity index (χ0v) is 9.98. The first kappa shape index (κ1) is 11.9. The maximum atomic E-state index is 11.2. The van der Waals surface area contributed by atoms with Crippen LogP contribution in [0, 0.1) is 0 Å². The van der Waals surface area contributed by atoms with Crippen LogP contribution in [0.4, 0.5) is 0 Å². The first-order valence-corrected chi connectivity index (χ1v) is 7.29. The Hall–Kier alpha value is -1.18. The molecular weight excluding hydrogens is 214 g/mol. The lowest BCUT2D eigenvalue weighted by Gasteiger charge is -2.24. The topological polar surface area (TPSA) is 90.2 Å². The van der Waals surface area contributed by atoms with E-state index < -0.39 is 20.6 Å². The van der Waals surface area contributed by atoms with Crippen molar-refractivity contribution < 1.29 is 13.6 Å². The second kappa shape index (κ2) is 4.56. The number of H-pyrrole nitrogens is 1. The van der Waals surface area contributed by atoms with Gasteiger partial charge in [-0.1, -0.05) is 0 Å². The van der Waals surface area contributed by atoms with E-state index in [-0.39, 0.29) is 0 Å². The summed E-state index contributed by atoms with van der Waals surface area (Å²) >= 11 is 0. The summed E-state index contributed by atoms with van der Waals surface area (Å²) < 4.78 is 10.7. The average molecular weight is 229 g/mol. The summed E-state index contributed by atoms with van der Waals surface area (Å²) in [5.74, 6) is -0.178. The van der Waals surface area contributed by atoms with Gasteiger partial charge in [0.1, 0.15) is 5.82 Å². The van der Waals surface area contributed by atoms with Crippen LogP contribution in [0.2, 0.25) is 13.1 Å². The Morgan fingerprint density at radius 1 is 1.67 bits per heavy atom. The third-order valence-electron chi connectivity index (χ3n) is 1.92. The Labute approximate surface area is 89.0 Å². The molecule has 1 aromatic rings. The van der Waals surface area contributed by atoms with Crippen molar-refractivity contribution >= 4 is 14.5 Å². The SMILES string of the molecule is CO[Si](C)(C)OC(C(N)=O)c1ncc[nH]1. The third kappa shape index (κ3) is 3.15. The molecule has 0 aliphatic rings. The summed E-state index contributed by atoms with van der Waals surface area (Å²) in [6.45, 7) is 3.65. The number of nitrogens with one attached hydrogen (secondary N) is 1. The summed E-state index contributed by atoms with van der Waals surface area (Å²) in [6, 6.07) is 0. The molecule has 1 unspecified atom stereocenters. The molecule has 84 valence electrons. The van der Waals surface area contributed by atoms with E-state index in [1.807, 2.05) is 13.1 Å². The monoisotopic (exact) mass is 229 g/mol. The lowest BCUT2D eigenvalue weighted by atomic mass is 10.3. The number of hydrogen-bond acceptors (Lipinski definition) is 4. The third-order valence-corrected chi connectivity index (χ3v) is 3.71. The smallest absolute Gasteiger partial charge is 0.332 e. The van der Waals surface area contributed by atoms with E-state index in [9.17, 15) is 4.79 Å². The minimum absolute atomic E-state index is 0.403. The number of hydrogen-bond donors (Lipinski definition) is 2. The molecule has 1 heterocycles. The number of carbonyl (C=O) groups excluding carboxylic acids is 1. The summed E-state index contributed by atoms with van der Waals surface area (Å²) in [6.07, 6.45) is 2.27. The highest BCUT2D eigenvalue weighted by Gasteiger charge is 2.32. The average Bonchev–Trinajstić information content (AvgIpc) is 2.66. The summed E-state index contributed by atoms with van der Waals surface area (Å²) in [5.41, 5.74) is 5.23. The van der Waals surface area contributed by atoms with Gasteiger partial charge in [0.25, 0.3) is 5.91 Å². The highest BCUT2D eigenvalue weighted by atomic mass is 28.4. The molecular formula is C8H15N3O3Si. The van der Waals surface area contributed by atoms with Crippen LogP contribution in [0.1, 0.15) is 11.9 Å². The van der Waals surface area contributed by atoms with Gasteiger partial charge in [0, 0.05) is 19.5 Å². The Balaban J connectivity index is 2.81. The van der Waals surface area contributed by atoms with Crippen molar-refractivity contribution in [3.63, 3.8) is 0 Å². The molecule has 0 saturated carbocycles. The Kier molecular flexibility index (Phi) is 3.61. The Morgan fingerprint density at radius 2 is 2.33 bits per heavy atom. The van der Waals surface area contributed by atoms with Gasteiger partial charge in [-0.2, -0.15) is 0 Å². The van der Waals surface area contributed by atoms with Crippen LogP contribution in [0.25, 0.3) is 0 Å². The number of aromatic amines is 1. The molecule has 1 rings (SSSR count). The van der Waals surface area contributed by atoms with Crippen LogP contribution in [0.3, 0.4) is 0 Å². The maximum absolute atomic E-state index is 11.2. The van der Waals surface area contributed by atoms with E-state index in [1.165, 1.54) is 6.20 Å². The molecule has 0 bridgehead atoms. The molecule has 0 saturated heterocycles. The zero-order chi connectivity index (χ0) is 11.5. The van der Waals surface area contributed by atoms with Crippen molar-refractivity contribution in [2.75, 3.05) is 7.11 Å². The molecule has 0 aliphatic heterocycles. The van der Waals surface area contributed by atoms with Gasteiger partial charge in [-0.3, -0.25) is 4.79 Å². The van der Waals surface area contributed by atoms with Gasteiger partial charge in [0.05, 0.1) is 0 Å². The Bertz CT molecular complexity index is 326. The fourth-order valence-electron chi connectivity index (χ4n) is 1.00. The van der Waals surface area contributed by atoms with E-state index in [1.54, 1.807) is 13.3 Å². The second-order valence-electron chi connectivity index (χ2n) is 3.48. The number of carbonyl (C=O) groups is 1. The van der Waals surface area contributed by atoms with Crippen molar-refractivity contribution in [2.45, 2.75) is 19.2 Å². The lowest BCUT2D eigenvalue weighted by Crippen LogP contribution is -2.39. The van der Waals surface area contributed by atoms with Gasteiger partial charge in [0.15, 0.2) is 6.10 Å². The number of aromatic nitrogens is 2. The number of nitrogens with zero attached hydrogens (tertiary/aromatic N) is 1. The number of primary amides is 1. The van der Waals surface area contributed by atoms with Gasteiger partial charge in [-0.25, -0.2) is 4.98 Å². The van der Waals surface area contributed by atoms with Crippen molar-refractivity contribution in [3.05, 3.63) is 18.2 Å². The minimum Gasteiger partial charge on any atom is -0.398 e. The molecule has 0 aliphatic carbocycles. The molecule has 0 fully saturated rings. The number of imidazole rings is 1. The highest BCUT2D eigenvalue weighted by Crippen LogP contribution is 2.19. The lowest BCUT2D eigenvalue weighted by molar-refractivity contribution is -0.126. The van der Waals surface area contributed by atoms with Crippen molar-refractivity contribution in [1.29, 1.82) is 0 Å². The number of rotatable bonds is 5. The van der Waals surface area contributed by atoms with E-state index in [0.717, 1.165) is 0 Å². The van der Waals surface area contributed by atoms with Crippen molar-refractivity contribution in [3.8, 4) is 0 Å². The first-order chi connectivity index (χ1) is 6.96. The van der Waals surface area contributed by atoms with Gasteiger partial charge >= 0.3 is 8.56 Å². The normalized spacial score (nSPS) is 13.8. The molecule has 0 radical (unpaired) electrons. The first-order valence-electron chi connectivity index (χ1n) is 4.48. The molecule has 15 heavy (non-hydrogen) atoms. The predicted octanol–water partition coefficient (Wildman–Crippen LogP) is 0.301. The van der Waals surface area contributed by atoms with Crippen molar-refractivity contribution in [2.24, 2.45) is 5.73 Å². The van der Waals surface area contributed by atoms with Gasteiger partial charge < -0.3 is 19.6 Å². The molecule has 1 atom stereocenters. The number of amides is 1. The van der Waals surface area contributed by atoms with Crippen molar-refractivity contribution in [1.82, 2.24) is 9.97 Å². The largest absolute Gasteiger partial charge is 0.398 e. The molecule has 0 spiro atoms. The van der Waals surface area contributed by atoms with Crippen LogP contribution in [-0.2, 0) is 13.6 Å². The summed E-state index contributed by atoms with van der Waals surface area (Å²) in [7, 11) is -0.772. The molecule has 0 aromatic carbocycles. The molecule has 6 nitrogen and oxygen atoms in total. The van der Waals surface area contributed by atoms with Crippen LogP contribution >= 0.6 is 0 Å². The molecule has 1 amide bonds. The zero-order valence-electron chi connectivity index (χ0n) is 8.98. The van der Waals surface area contributed by atoms with E-state index in [2.05, 4.69) is 9.97 Å². The number of nitrogens with two attached hydrogens (primary N) is 1. The van der Waals surface area contributed by atoms with Gasteiger partial charge in [0.2, 0.25) is 0 Å². The predicted molar refractivity (Wildman–Crippen MR) is 56.1 cm³/mol. The van der Waals surface area contributed by atoms with E-state index in [0.29, 0.717) is 5.82 Å². The second-order valence-corrected chi connectivity index (χ2v) is 6.92. The molecule has 3 N–H and O–H groups in total. The van der Waals surface area contributed by atoms with Gasteiger partial charge in [-0.15, -0.1) is 0 Å².